The summed E-state index contributed by atoms with van der Waals surface area (Å²) in [6.07, 6.45) is 2.28. The molecule has 0 aromatic carbocycles. The van der Waals surface area contributed by atoms with E-state index in [1.165, 1.54) is 0 Å². The standard InChI is InChI=1S/C9H21O5PS/c1-3-5-15(10,6-4-2)14-9-7-13-16(11,12)8-9/h9,11-12H,3-8H2,1-2H3. The minimum absolute atomic E-state index is 0.0461. The summed E-state index contributed by atoms with van der Waals surface area (Å²) in [6, 6.07) is 0. The third-order valence-electron chi connectivity index (χ3n) is 2.32. The summed E-state index contributed by atoms with van der Waals surface area (Å²) in [7, 11) is -5.56. The van der Waals surface area contributed by atoms with E-state index in [0.29, 0.717) is 12.3 Å². The Balaban J connectivity index is 2.53. The maximum Gasteiger partial charge on any atom is 0.203 e. The average Bonchev–Trinajstić information content (AvgIpc) is 2.45. The van der Waals surface area contributed by atoms with Crippen LogP contribution >= 0.6 is 18.2 Å². The number of hydrogen-bond donors (Lipinski definition) is 2. The van der Waals surface area contributed by atoms with Gasteiger partial charge in [0, 0.05) is 12.3 Å². The molecule has 1 fully saturated rings. The molecule has 5 nitrogen and oxygen atoms in total. The van der Waals surface area contributed by atoms with E-state index in [0.717, 1.165) is 12.8 Å². The van der Waals surface area contributed by atoms with Crippen molar-refractivity contribution in [3.63, 3.8) is 0 Å². The van der Waals surface area contributed by atoms with Crippen molar-refractivity contribution in [2.75, 3.05) is 24.7 Å². The lowest BCUT2D eigenvalue weighted by Gasteiger charge is -2.22. The minimum Gasteiger partial charge on any atom is -0.322 e. The van der Waals surface area contributed by atoms with Crippen molar-refractivity contribution in [3.05, 3.63) is 0 Å². The molecule has 1 aliphatic heterocycles. The Labute approximate surface area is 98.5 Å². The van der Waals surface area contributed by atoms with E-state index in [1.54, 1.807) is 0 Å². The quantitative estimate of drug-likeness (QED) is 0.726. The topological polar surface area (TPSA) is 76.0 Å². The molecule has 0 saturated carbocycles. The monoisotopic (exact) mass is 272 g/mol. The van der Waals surface area contributed by atoms with Gasteiger partial charge in [-0.1, -0.05) is 13.8 Å². The van der Waals surface area contributed by atoms with E-state index in [2.05, 4.69) is 0 Å². The molecular weight excluding hydrogens is 251 g/mol. The van der Waals surface area contributed by atoms with Gasteiger partial charge in [0.15, 0.2) is 0 Å². The fraction of sp³-hybridized carbons (Fsp3) is 1.00. The van der Waals surface area contributed by atoms with Crippen molar-refractivity contribution in [1.82, 2.24) is 0 Å². The van der Waals surface area contributed by atoms with Crippen LogP contribution in [-0.4, -0.2) is 39.9 Å². The molecule has 1 heterocycles. The SMILES string of the molecule is CCCP(=O)(CCC)OC1COS(O)(O)C1. The van der Waals surface area contributed by atoms with E-state index < -0.39 is 24.3 Å². The lowest BCUT2D eigenvalue weighted by molar-refractivity contribution is 0.176. The molecule has 16 heavy (non-hydrogen) atoms. The molecule has 2 N–H and O–H groups in total. The third-order valence-corrected chi connectivity index (χ3v) is 6.57. The van der Waals surface area contributed by atoms with Crippen LogP contribution in [0.4, 0.5) is 0 Å². The first kappa shape index (κ1) is 14.5. The third kappa shape index (κ3) is 4.35. The Kier molecular flexibility index (Phi) is 5.29. The summed E-state index contributed by atoms with van der Waals surface area (Å²) in [6.45, 7) is 4.05. The first-order valence-corrected chi connectivity index (χ1v) is 9.21. The summed E-state index contributed by atoms with van der Waals surface area (Å²) < 4.78 is 41.2. The predicted octanol–water partition coefficient (Wildman–Crippen LogP) is 3.17. The van der Waals surface area contributed by atoms with Crippen LogP contribution in [0.3, 0.4) is 0 Å². The highest BCUT2D eigenvalue weighted by molar-refractivity contribution is 8.20. The van der Waals surface area contributed by atoms with Crippen molar-refractivity contribution in [3.8, 4) is 0 Å². The van der Waals surface area contributed by atoms with Crippen LogP contribution in [0.15, 0.2) is 0 Å². The Morgan fingerprint density at radius 3 is 2.31 bits per heavy atom. The molecule has 0 aromatic heterocycles. The van der Waals surface area contributed by atoms with Gasteiger partial charge in [0.2, 0.25) is 7.37 Å². The molecule has 0 spiro atoms. The lowest BCUT2D eigenvalue weighted by Crippen LogP contribution is -2.17. The molecule has 1 aliphatic rings. The Hall–Kier alpha value is 0.420. The van der Waals surface area contributed by atoms with Gasteiger partial charge in [0.1, 0.15) is 6.10 Å². The smallest absolute Gasteiger partial charge is 0.203 e. The molecular formula is C9H21O5PS. The van der Waals surface area contributed by atoms with Crippen LogP contribution in [0, 0.1) is 0 Å². The first-order chi connectivity index (χ1) is 7.41. The van der Waals surface area contributed by atoms with Crippen molar-refractivity contribution >= 4 is 18.2 Å². The Morgan fingerprint density at radius 1 is 1.38 bits per heavy atom. The largest absolute Gasteiger partial charge is 0.322 e. The molecule has 1 saturated heterocycles. The zero-order chi connectivity index (χ0) is 12.2. The molecule has 0 bridgehead atoms. The Bertz CT molecular complexity index is 261. The molecule has 7 heteroatoms. The first-order valence-electron chi connectivity index (χ1n) is 5.57. The van der Waals surface area contributed by atoms with E-state index >= 15 is 0 Å². The zero-order valence-corrected chi connectivity index (χ0v) is 11.5. The molecule has 1 unspecified atom stereocenters. The highest BCUT2D eigenvalue weighted by atomic mass is 32.3. The van der Waals surface area contributed by atoms with Crippen LogP contribution in [0.2, 0.25) is 0 Å². The fourth-order valence-electron chi connectivity index (χ4n) is 1.75. The lowest BCUT2D eigenvalue weighted by atomic mass is 10.5. The van der Waals surface area contributed by atoms with Crippen molar-refractivity contribution in [2.45, 2.75) is 32.8 Å². The molecule has 1 rings (SSSR count). The summed E-state index contributed by atoms with van der Waals surface area (Å²) >= 11 is 0. The highest BCUT2D eigenvalue weighted by Crippen LogP contribution is 2.54. The summed E-state index contributed by atoms with van der Waals surface area (Å²) in [5.74, 6) is 0.0461. The van der Waals surface area contributed by atoms with E-state index in [4.69, 9.17) is 8.71 Å². The van der Waals surface area contributed by atoms with Gasteiger partial charge >= 0.3 is 0 Å². The van der Waals surface area contributed by atoms with Gasteiger partial charge in [-0.3, -0.25) is 8.75 Å². The maximum atomic E-state index is 12.3. The van der Waals surface area contributed by atoms with Gasteiger partial charge in [-0.05, 0) is 12.8 Å². The second-order valence-electron chi connectivity index (χ2n) is 4.05. The molecule has 0 aromatic rings. The van der Waals surface area contributed by atoms with Gasteiger partial charge < -0.3 is 13.6 Å². The van der Waals surface area contributed by atoms with Gasteiger partial charge in [0.05, 0.1) is 23.2 Å². The van der Waals surface area contributed by atoms with Crippen LogP contribution in [0.25, 0.3) is 0 Å². The van der Waals surface area contributed by atoms with Gasteiger partial charge in [0.25, 0.3) is 0 Å². The van der Waals surface area contributed by atoms with Crippen LogP contribution in [0.5, 0.6) is 0 Å². The molecule has 0 amide bonds. The van der Waals surface area contributed by atoms with Gasteiger partial charge in [-0.2, -0.15) is 0 Å². The van der Waals surface area contributed by atoms with Crippen LogP contribution < -0.4 is 0 Å². The van der Waals surface area contributed by atoms with Crippen LogP contribution in [-0.2, 0) is 13.3 Å². The number of hydrogen-bond acceptors (Lipinski definition) is 5. The molecule has 0 radical (unpaired) electrons. The minimum atomic E-state index is -2.94. The van der Waals surface area contributed by atoms with Gasteiger partial charge in [-0.25, -0.2) is 0 Å². The second kappa shape index (κ2) is 5.85. The van der Waals surface area contributed by atoms with E-state index in [-0.39, 0.29) is 12.4 Å². The second-order valence-corrected chi connectivity index (χ2v) is 8.56. The summed E-state index contributed by atoms with van der Waals surface area (Å²) in [5, 5.41) is 0. The van der Waals surface area contributed by atoms with Crippen molar-refractivity contribution in [1.29, 1.82) is 0 Å². The average molecular weight is 272 g/mol. The van der Waals surface area contributed by atoms with Crippen molar-refractivity contribution in [2.24, 2.45) is 0 Å². The summed E-state index contributed by atoms with van der Waals surface area (Å²) in [5.41, 5.74) is 0. The highest BCUT2D eigenvalue weighted by Gasteiger charge is 2.37. The molecule has 98 valence electrons. The van der Waals surface area contributed by atoms with Crippen LogP contribution in [0.1, 0.15) is 26.7 Å². The van der Waals surface area contributed by atoms with E-state index in [9.17, 15) is 13.7 Å². The Morgan fingerprint density at radius 2 is 1.94 bits per heavy atom. The van der Waals surface area contributed by atoms with E-state index in [1.807, 2.05) is 13.8 Å². The maximum absolute atomic E-state index is 12.3. The number of rotatable bonds is 6. The molecule has 0 aliphatic carbocycles. The fourth-order valence-corrected chi connectivity index (χ4v) is 5.45. The predicted molar refractivity (Wildman–Crippen MR) is 66.5 cm³/mol. The molecule has 1 atom stereocenters. The van der Waals surface area contributed by atoms with Gasteiger partial charge in [-0.15, -0.1) is 0 Å². The summed E-state index contributed by atoms with van der Waals surface area (Å²) in [4.78, 5) is 0. The normalized spacial score (nSPS) is 26.9. The zero-order valence-electron chi connectivity index (χ0n) is 9.79. The van der Waals surface area contributed by atoms with Crippen molar-refractivity contribution < 1.29 is 22.4 Å².